The Bertz CT molecular complexity index is 1240. The van der Waals surface area contributed by atoms with E-state index in [1.54, 1.807) is 60.2 Å². The SMILES string of the molecule is CCN(C(=O)NC(CCC(F)(F)F)C(F)(F)F)[C@H](C)c1cccc(-c2cc(OC)c3nc(Cl)cn3c2)c1. The minimum Gasteiger partial charge on any atom is -0.493 e. The normalized spacial score (nSPS) is 13.9. The molecule has 1 N–H and O–H groups in total. The first-order valence-electron chi connectivity index (χ1n) is 11.3. The van der Waals surface area contributed by atoms with Gasteiger partial charge in [0, 0.05) is 30.9 Å². The van der Waals surface area contributed by atoms with Crippen LogP contribution < -0.4 is 10.1 Å². The molecule has 0 saturated heterocycles. The summed E-state index contributed by atoms with van der Waals surface area (Å²) < 4.78 is 84.7. The van der Waals surface area contributed by atoms with Crippen LogP contribution in [-0.4, -0.2) is 52.4 Å². The highest BCUT2D eigenvalue weighted by Crippen LogP contribution is 2.32. The number of nitrogens with one attached hydrogen (secondary N) is 1. The molecule has 1 unspecified atom stereocenters. The second-order valence-corrected chi connectivity index (χ2v) is 8.76. The monoisotopic (exact) mass is 550 g/mol. The summed E-state index contributed by atoms with van der Waals surface area (Å²) in [6.45, 7) is 3.22. The number of halogens is 7. The predicted molar refractivity (Wildman–Crippen MR) is 127 cm³/mol. The Hall–Kier alpha value is -3.15. The molecule has 2 aromatic heterocycles. The van der Waals surface area contributed by atoms with Crippen LogP contribution in [0, 0.1) is 0 Å². The first kappa shape index (κ1) is 28.4. The van der Waals surface area contributed by atoms with Crippen molar-refractivity contribution in [1.29, 1.82) is 0 Å². The average molecular weight is 551 g/mol. The lowest BCUT2D eigenvalue weighted by Gasteiger charge is -2.31. The number of urea groups is 1. The van der Waals surface area contributed by atoms with Crippen LogP contribution >= 0.6 is 11.6 Å². The summed E-state index contributed by atoms with van der Waals surface area (Å²) in [5, 5.41) is 2.01. The number of ether oxygens (including phenoxy) is 1. The summed E-state index contributed by atoms with van der Waals surface area (Å²) in [6.07, 6.45) is -9.40. The van der Waals surface area contributed by atoms with Gasteiger partial charge in [0.25, 0.3) is 0 Å². The van der Waals surface area contributed by atoms with Crippen molar-refractivity contribution in [3.63, 3.8) is 0 Å². The highest BCUT2D eigenvalue weighted by atomic mass is 35.5. The second-order valence-electron chi connectivity index (χ2n) is 8.38. The minimum absolute atomic E-state index is 0.0222. The molecule has 3 rings (SSSR count). The molecule has 0 aliphatic carbocycles. The molecule has 6 nitrogen and oxygen atoms in total. The van der Waals surface area contributed by atoms with Crippen molar-refractivity contribution in [3.05, 3.63) is 53.4 Å². The maximum absolute atomic E-state index is 13.3. The van der Waals surface area contributed by atoms with Crippen molar-refractivity contribution in [3.8, 4) is 16.9 Å². The van der Waals surface area contributed by atoms with Gasteiger partial charge in [-0.2, -0.15) is 26.3 Å². The van der Waals surface area contributed by atoms with E-state index in [4.69, 9.17) is 16.3 Å². The Balaban J connectivity index is 1.85. The number of imidazole rings is 1. The van der Waals surface area contributed by atoms with E-state index in [0.29, 0.717) is 17.0 Å². The van der Waals surface area contributed by atoms with Crippen molar-refractivity contribution in [1.82, 2.24) is 19.6 Å². The molecular weight excluding hydrogens is 526 g/mol. The molecule has 2 amide bonds. The first-order chi connectivity index (χ1) is 17.2. The highest BCUT2D eigenvalue weighted by Gasteiger charge is 2.43. The predicted octanol–water partition coefficient (Wildman–Crippen LogP) is 7.03. The average Bonchev–Trinajstić information content (AvgIpc) is 3.20. The molecule has 1 aromatic carbocycles. The first-order valence-corrected chi connectivity index (χ1v) is 11.6. The zero-order chi connectivity index (χ0) is 27.5. The smallest absolute Gasteiger partial charge is 0.408 e. The summed E-state index contributed by atoms with van der Waals surface area (Å²) in [4.78, 5) is 18.1. The molecule has 0 aliphatic heterocycles. The number of aromatic nitrogens is 2. The van der Waals surface area contributed by atoms with Gasteiger partial charge in [0.1, 0.15) is 11.2 Å². The summed E-state index contributed by atoms with van der Waals surface area (Å²) in [5.74, 6) is 0.467. The van der Waals surface area contributed by atoms with Gasteiger partial charge in [-0.25, -0.2) is 9.78 Å². The van der Waals surface area contributed by atoms with E-state index in [1.165, 1.54) is 7.11 Å². The lowest BCUT2D eigenvalue weighted by Crippen LogP contribution is -2.51. The van der Waals surface area contributed by atoms with Gasteiger partial charge in [-0.1, -0.05) is 29.8 Å². The highest BCUT2D eigenvalue weighted by molar-refractivity contribution is 6.29. The second kappa shape index (κ2) is 11.1. The van der Waals surface area contributed by atoms with Crippen molar-refractivity contribution in [2.24, 2.45) is 0 Å². The van der Waals surface area contributed by atoms with Gasteiger partial charge < -0.3 is 19.4 Å². The van der Waals surface area contributed by atoms with E-state index in [-0.39, 0.29) is 11.7 Å². The van der Waals surface area contributed by atoms with Crippen LogP contribution in [0.15, 0.2) is 42.7 Å². The van der Waals surface area contributed by atoms with Gasteiger partial charge in [-0.3, -0.25) is 0 Å². The molecule has 3 aromatic rings. The lowest BCUT2D eigenvalue weighted by atomic mass is 10.00. The van der Waals surface area contributed by atoms with Gasteiger partial charge in [0.05, 0.1) is 13.2 Å². The van der Waals surface area contributed by atoms with Crippen molar-refractivity contribution >= 4 is 23.3 Å². The number of methoxy groups -OCH3 is 1. The molecule has 0 fully saturated rings. The van der Waals surface area contributed by atoms with Crippen LogP contribution in [0.5, 0.6) is 5.75 Å². The van der Waals surface area contributed by atoms with E-state index in [0.717, 1.165) is 16.0 Å². The zero-order valence-electron chi connectivity index (χ0n) is 20.1. The van der Waals surface area contributed by atoms with Gasteiger partial charge >= 0.3 is 18.4 Å². The van der Waals surface area contributed by atoms with E-state index < -0.39 is 43.3 Å². The molecule has 0 bridgehead atoms. The zero-order valence-corrected chi connectivity index (χ0v) is 20.9. The van der Waals surface area contributed by atoms with E-state index in [1.807, 2.05) is 6.07 Å². The fourth-order valence-corrected chi connectivity index (χ4v) is 4.14. The Morgan fingerprint density at radius 3 is 2.46 bits per heavy atom. The number of alkyl halides is 6. The van der Waals surface area contributed by atoms with Gasteiger partial charge in [-0.15, -0.1) is 0 Å². The van der Waals surface area contributed by atoms with E-state index in [9.17, 15) is 31.1 Å². The molecule has 2 atom stereocenters. The quantitative estimate of drug-likeness (QED) is 0.306. The van der Waals surface area contributed by atoms with Crippen LogP contribution in [0.25, 0.3) is 16.8 Å². The summed E-state index contributed by atoms with van der Waals surface area (Å²) in [5.41, 5.74) is 2.57. The van der Waals surface area contributed by atoms with E-state index in [2.05, 4.69) is 4.98 Å². The number of carbonyl (C=O) groups is 1. The number of fused-ring (bicyclic) bond motifs is 1. The number of amides is 2. The van der Waals surface area contributed by atoms with Gasteiger partial charge in [0.2, 0.25) is 0 Å². The lowest BCUT2D eigenvalue weighted by molar-refractivity contribution is -0.171. The number of rotatable bonds is 8. The third-order valence-electron chi connectivity index (χ3n) is 5.89. The number of carbonyl (C=O) groups excluding carboxylic acids is 1. The number of nitrogens with zero attached hydrogens (tertiary/aromatic N) is 3. The molecule has 0 spiro atoms. The van der Waals surface area contributed by atoms with Gasteiger partial charge in [0.15, 0.2) is 11.4 Å². The fourth-order valence-electron chi connectivity index (χ4n) is 3.95. The third kappa shape index (κ3) is 7.00. The van der Waals surface area contributed by atoms with Crippen LogP contribution in [0.4, 0.5) is 31.1 Å². The maximum atomic E-state index is 13.3. The number of benzene rings is 1. The van der Waals surface area contributed by atoms with E-state index >= 15 is 0 Å². The topological polar surface area (TPSA) is 58.9 Å². The Morgan fingerprint density at radius 2 is 1.86 bits per heavy atom. The minimum atomic E-state index is -5.03. The molecule has 2 heterocycles. The standard InChI is InChI=1S/C24H25ClF6N4O2/c1-4-35(22(36)32-19(24(29,30)31)8-9-23(26,27)28)14(2)15-6-5-7-16(10-15)17-11-18(37-3)21-33-20(25)13-34(21)12-17/h5-7,10-14,19H,4,8-9H2,1-3H3,(H,32,36)/t14-,19?/m1/s1. The van der Waals surface area contributed by atoms with Crippen molar-refractivity contribution in [2.45, 2.75) is 51.1 Å². The molecule has 37 heavy (non-hydrogen) atoms. The summed E-state index contributed by atoms with van der Waals surface area (Å²) in [6, 6.07) is 4.34. The van der Waals surface area contributed by atoms with Crippen LogP contribution in [-0.2, 0) is 0 Å². The van der Waals surface area contributed by atoms with Gasteiger partial charge in [-0.05, 0) is 43.5 Å². The summed E-state index contributed by atoms with van der Waals surface area (Å²) >= 11 is 6.01. The summed E-state index contributed by atoms with van der Waals surface area (Å²) in [7, 11) is 1.49. The van der Waals surface area contributed by atoms with Crippen LogP contribution in [0.1, 0.15) is 38.3 Å². The molecule has 0 aliphatic rings. The number of hydrogen-bond donors (Lipinski definition) is 1. The third-order valence-corrected chi connectivity index (χ3v) is 6.07. The maximum Gasteiger partial charge on any atom is 0.408 e. The molecule has 202 valence electrons. The number of pyridine rings is 1. The molecule has 0 radical (unpaired) electrons. The Kier molecular flexibility index (Phi) is 8.51. The molecule has 13 heteroatoms. The molecule has 0 saturated carbocycles. The van der Waals surface area contributed by atoms with Crippen LogP contribution in [0.2, 0.25) is 5.15 Å². The van der Waals surface area contributed by atoms with Crippen molar-refractivity contribution < 1.29 is 35.9 Å². The molecular formula is C24H25ClF6N4O2. The number of hydrogen-bond acceptors (Lipinski definition) is 3. The van der Waals surface area contributed by atoms with Crippen molar-refractivity contribution in [2.75, 3.05) is 13.7 Å². The Morgan fingerprint density at radius 1 is 1.16 bits per heavy atom. The van der Waals surface area contributed by atoms with Crippen LogP contribution in [0.3, 0.4) is 0 Å². The largest absolute Gasteiger partial charge is 0.493 e. The fraction of sp³-hybridized carbons (Fsp3) is 0.417. The Labute approximate surface area is 214 Å².